The fraction of sp³-hybridized carbons (Fsp3) is 0.154. The Morgan fingerprint density at radius 3 is 2.76 bits per heavy atom. The van der Waals surface area contributed by atoms with E-state index in [1.807, 2.05) is 18.2 Å². The topological polar surface area (TPSA) is 63.9 Å². The minimum absolute atomic E-state index is 0.259. The van der Waals surface area contributed by atoms with Crippen LogP contribution in [0.5, 0.6) is 0 Å². The molecule has 6 nitrogen and oxygen atoms in total. The van der Waals surface area contributed by atoms with Crippen molar-refractivity contribution in [3.8, 4) is 0 Å². The van der Waals surface area contributed by atoms with Gasteiger partial charge in [0.1, 0.15) is 17.3 Å². The standard InChI is InChI=1S/C26H21F2N5O/c1-15-13-29-26-31-21-7-6-20(12-23(21)33(15)26)30-25(34)24-11-17-10-19(28)5-8-22(17)32(24)14-16-3-2-4-18(27)9-16/h2-12,15H,13-14H2,1H3,(H,29,31)(H,30,34). The van der Waals surface area contributed by atoms with Crippen molar-refractivity contribution < 1.29 is 13.6 Å². The first-order valence-electron chi connectivity index (χ1n) is 11.1. The van der Waals surface area contributed by atoms with Crippen molar-refractivity contribution >= 4 is 39.5 Å². The highest BCUT2D eigenvalue weighted by Crippen LogP contribution is 2.31. The number of hydrogen-bond donors (Lipinski definition) is 2. The molecule has 1 amide bonds. The molecule has 1 aliphatic heterocycles. The van der Waals surface area contributed by atoms with E-state index in [-0.39, 0.29) is 30.1 Å². The molecule has 3 aromatic carbocycles. The summed E-state index contributed by atoms with van der Waals surface area (Å²) in [4.78, 5) is 18.0. The molecule has 0 bridgehead atoms. The number of imidazole rings is 1. The summed E-state index contributed by atoms with van der Waals surface area (Å²) in [6, 6.07) is 18.1. The van der Waals surface area contributed by atoms with Crippen LogP contribution in [0, 0.1) is 11.6 Å². The van der Waals surface area contributed by atoms with Crippen molar-refractivity contribution in [1.82, 2.24) is 14.1 Å². The summed E-state index contributed by atoms with van der Waals surface area (Å²) in [5.74, 6) is -0.246. The molecule has 34 heavy (non-hydrogen) atoms. The molecule has 8 heteroatoms. The van der Waals surface area contributed by atoms with E-state index in [1.54, 1.807) is 28.8 Å². The number of nitrogens with zero attached hydrogens (tertiary/aromatic N) is 3. The third-order valence-electron chi connectivity index (χ3n) is 6.27. The van der Waals surface area contributed by atoms with Crippen molar-refractivity contribution in [2.24, 2.45) is 0 Å². The van der Waals surface area contributed by atoms with Gasteiger partial charge >= 0.3 is 0 Å². The molecule has 170 valence electrons. The summed E-state index contributed by atoms with van der Waals surface area (Å²) >= 11 is 0. The minimum Gasteiger partial charge on any atom is -0.354 e. The quantitative estimate of drug-likeness (QED) is 0.372. The van der Waals surface area contributed by atoms with Crippen LogP contribution < -0.4 is 10.6 Å². The van der Waals surface area contributed by atoms with Gasteiger partial charge in [0.2, 0.25) is 5.95 Å². The molecule has 0 radical (unpaired) electrons. The maximum Gasteiger partial charge on any atom is 0.272 e. The van der Waals surface area contributed by atoms with Gasteiger partial charge in [-0.25, -0.2) is 13.8 Å². The van der Waals surface area contributed by atoms with Crippen molar-refractivity contribution in [3.05, 3.63) is 89.6 Å². The summed E-state index contributed by atoms with van der Waals surface area (Å²) in [6.45, 7) is 3.19. The second-order valence-corrected chi connectivity index (χ2v) is 8.64. The minimum atomic E-state index is -0.384. The molecule has 1 atom stereocenters. The zero-order valence-corrected chi connectivity index (χ0v) is 18.3. The summed E-state index contributed by atoms with van der Waals surface area (Å²) in [7, 11) is 0. The van der Waals surface area contributed by atoms with Crippen LogP contribution in [-0.2, 0) is 6.54 Å². The number of benzene rings is 3. The second kappa shape index (κ2) is 7.69. The Morgan fingerprint density at radius 1 is 1.06 bits per heavy atom. The second-order valence-electron chi connectivity index (χ2n) is 8.64. The van der Waals surface area contributed by atoms with Crippen LogP contribution in [-0.4, -0.2) is 26.6 Å². The lowest BCUT2D eigenvalue weighted by molar-refractivity contribution is 0.101. The Balaban J connectivity index is 1.39. The number of carbonyl (C=O) groups excluding carboxylic acids is 1. The average molecular weight is 457 g/mol. The maximum absolute atomic E-state index is 13.9. The number of fused-ring (bicyclic) bond motifs is 4. The number of aromatic nitrogens is 3. The van der Waals surface area contributed by atoms with Crippen LogP contribution in [0.3, 0.4) is 0 Å². The van der Waals surface area contributed by atoms with Crippen LogP contribution in [0.4, 0.5) is 20.4 Å². The number of amides is 1. The van der Waals surface area contributed by atoms with E-state index >= 15 is 0 Å². The summed E-state index contributed by atoms with van der Waals surface area (Å²) in [5.41, 5.74) is 4.18. The van der Waals surface area contributed by atoms with E-state index in [4.69, 9.17) is 0 Å². The van der Waals surface area contributed by atoms with E-state index in [2.05, 4.69) is 27.1 Å². The Labute approximate surface area is 193 Å². The first kappa shape index (κ1) is 20.4. The monoisotopic (exact) mass is 457 g/mol. The van der Waals surface area contributed by atoms with E-state index < -0.39 is 0 Å². The smallest absolute Gasteiger partial charge is 0.272 e. The first-order valence-corrected chi connectivity index (χ1v) is 11.1. The van der Waals surface area contributed by atoms with Crippen molar-refractivity contribution in [2.75, 3.05) is 17.2 Å². The van der Waals surface area contributed by atoms with Gasteiger partial charge in [-0.05, 0) is 67.1 Å². The third kappa shape index (κ3) is 3.39. The normalized spacial score (nSPS) is 15.0. The number of hydrogen-bond acceptors (Lipinski definition) is 3. The lowest BCUT2D eigenvalue weighted by atomic mass is 10.2. The van der Waals surface area contributed by atoms with Gasteiger partial charge in [0, 0.05) is 29.7 Å². The molecular formula is C26H21F2N5O. The first-order chi connectivity index (χ1) is 16.5. The lowest BCUT2D eigenvalue weighted by Crippen LogP contribution is -2.17. The summed E-state index contributed by atoms with van der Waals surface area (Å²) in [6.07, 6.45) is 0. The molecule has 1 unspecified atom stereocenters. The molecule has 0 saturated heterocycles. The van der Waals surface area contributed by atoms with Gasteiger partial charge in [-0.2, -0.15) is 0 Å². The predicted octanol–water partition coefficient (Wildman–Crippen LogP) is 5.56. The molecule has 0 aliphatic carbocycles. The predicted molar refractivity (Wildman–Crippen MR) is 128 cm³/mol. The molecule has 2 N–H and O–H groups in total. The number of nitrogens with one attached hydrogen (secondary N) is 2. The SMILES string of the molecule is CC1CNc2nc3ccc(NC(=O)c4cc5cc(F)ccc5n4Cc4cccc(F)c4)cc3n21. The number of halogens is 2. The van der Waals surface area contributed by atoms with Crippen molar-refractivity contribution in [3.63, 3.8) is 0 Å². The lowest BCUT2D eigenvalue weighted by Gasteiger charge is -2.12. The van der Waals surface area contributed by atoms with Gasteiger partial charge < -0.3 is 19.8 Å². The number of carbonyl (C=O) groups is 1. The number of rotatable bonds is 4. The molecule has 0 fully saturated rings. The molecule has 6 rings (SSSR count). The number of anilines is 2. The highest BCUT2D eigenvalue weighted by Gasteiger charge is 2.23. The van der Waals surface area contributed by atoms with Crippen LogP contribution in [0.15, 0.2) is 66.7 Å². The molecule has 0 spiro atoms. The van der Waals surface area contributed by atoms with Gasteiger partial charge in [-0.15, -0.1) is 0 Å². The maximum atomic E-state index is 13.9. The van der Waals surface area contributed by atoms with Crippen LogP contribution in [0.25, 0.3) is 21.9 Å². The summed E-state index contributed by atoms with van der Waals surface area (Å²) < 4.78 is 31.6. The average Bonchev–Trinajstić information content (AvgIpc) is 3.46. The zero-order valence-electron chi connectivity index (χ0n) is 18.3. The fourth-order valence-electron chi connectivity index (χ4n) is 4.69. The van der Waals surface area contributed by atoms with Crippen LogP contribution >= 0.6 is 0 Å². The van der Waals surface area contributed by atoms with Crippen LogP contribution in [0.2, 0.25) is 0 Å². The highest BCUT2D eigenvalue weighted by molar-refractivity contribution is 6.07. The molecule has 0 saturated carbocycles. The highest BCUT2D eigenvalue weighted by atomic mass is 19.1. The third-order valence-corrected chi connectivity index (χ3v) is 6.27. The Hall–Kier alpha value is -4.20. The van der Waals surface area contributed by atoms with E-state index in [0.717, 1.165) is 23.5 Å². The molecule has 3 heterocycles. The van der Waals surface area contributed by atoms with Gasteiger partial charge in [0.25, 0.3) is 5.91 Å². The van der Waals surface area contributed by atoms with E-state index in [1.165, 1.54) is 24.3 Å². The fourth-order valence-corrected chi connectivity index (χ4v) is 4.69. The molecule has 1 aliphatic rings. The van der Waals surface area contributed by atoms with Gasteiger partial charge in [-0.1, -0.05) is 12.1 Å². The van der Waals surface area contributed by atoms with Gasteiger partial charge in [0.05, 0.1) is 17.1 Å². The van der Waals surface area contributed by atoms with Gasteiger partial charge in [0.15, 0.2) is 0 Å². The van der Waals surface area contributed by atoms with Crippen LogP contribution in [0.1, 0.15) is 29.0 Å². The zero-order chi connectivity index (χ0) is 23.4. The van der Waals surface area contributed by atoms with Crippen molar-refractivity contribution in [1.29, 1.82) is 0 Å². The largest absolute Gasteiger partial charge is 0.354 e. The molecule has 5 aromatic rings. The Morgan fingerprint density at radius 2 is 1.91 bits per heavy atom. The Kier molecular flexibility index (Phi) is 4.62. The summed E-state index contributed by atoms with van der Waals surface area (Å²) in [5, 5.41) is 6.86. The molecular weight excluding hydrogens is 436 g/mol. The van der Waals surface area contributed by atoms with E-state index in [0.29, 0.717) is 27.8 Å². The van der Waals surface area contributed by atoms with Crippen molar-refractivity contribution in [2.45, 2.75) is 19.5 Å². The molecule has 2 aromatic heterocycles. The van der Waals surface area contributed by atoms with Gasteiger partial charge in [-0.3, -0.25) is 4.79 Å². The van der Waals surface area contributed by atoms with E-state index in [9.17, 15) is 13.6 Å². The Bertz CT molecular complexity index is 1590.